The fraction of sp³-hybridized carbons (Fsp3) is 0.600. The highest BCUT2D eigenvalue weighted by molar-refractivity contribution is 7.09. The average molecular weight is 198 g/mol. The Morgan fingerprint density at radius 3 is 2.75 bits per heavy atom. The molecule has 0 bridgehead atoms. The van der Waals surface area contributed by atoms with Crippen LogP contribution in [0.15, 0.2) is 5.51 Å². The van der Waals surface area contributed by atoms with Gasteiger partial charge in [-0.15, -0.1) is 21.5 Å². The van der Waals surface area contributed by atoms with Crippen LogP contribution in [0.5, 0.6) is 0 Å². The third-order valence-electron chi connectivity index (χ3n) is 0.896. The van der Waals surface area contributed by atoms with Gasteiger partial charge in [-0.3, -0.25) is 0 Å². The van der Waals surface area contributed by atoms with Crippen LogP contribution in [0.25, 0.3) is 0 Å². The molecule has 0 spiro atoms. The van der Waals surface area contributed by atoms with E-state index in [0.29, 0.717) is 5.01 Å². The molecule has 3 nitrogen and oxygen atoms in total. The maximum Gasteiger partial charge on any atom is 0.411 e. The number of alkyl halides is 3. The number of halogens is 3. The summed E-state index contributed by atoms with van der Waals surface area (Å²) in [5.41, 5.74) is 1.44. The summed E-state index contributed by atoms with van der Waals surface area (Å²) in [5, 5.41) is 7.40. The summed E-state index contributed by atoms with van der Waals surface area (Å²) in [6, 6.07) is 0. The van der Waals surface area contributed by atoms with E-state index in [1.165, 1.54) is 5.51 Å². The van der Waals surface area contributed by atoms with Crippen molar-refractivity contribution in [2.24, 2.45) is 0 Å². The topological polar surface area (TPSA) is 35.0 Å². The van der Waals surface area contributed by atoms with Gasteiger partial charge in [-0.25, -0.2) is 0 Å². The Kier molecular flexibility index (Phi) is 2.99. The Morgan fingerprint density at radius 2 is 2.25 bits per heavy atom. The first-order valence-corrected chi connectivity index (χ1v) is 3.85. The van der Waals surface area contributed by atoms with Crippen LogP contribution >= 0.6 is 11.3 Å². The third-order valence-corrected chi connectivity index (χ3v) is 1.57. The Labute approximate surface area is 70.2 Å². The molecule has 0 radical (unpaired) electrons. The van der Waals surface area contributed by atoms with Crippen molar-refractivity contribution in [3.63, 3.8) is 0 Å². The predicted molar refractivity (Wildman–Crippen MR) is 35.6 cm³/mol. The van der Waals surface area contributed by atoms with Crippen molar-refractivity contribution in [2.75, 3.05) is 6.61 Å². The Hall–Kier alpha value is -0.690. The van der Waals surface area contributed by atoms with Gasteiger partial charge >= 0.3 is 6.18 Å². The summed E-state index contributed by atoms with van der Waals surface area (Å²) in [6.07, 6.45) is -4.27. The van der Waals surface area contributed by atoms with Gasteiger partial charge in [0, 0.05) is 0 Å². The molecule has 0 amide bonds. The van der Waals surface area contributed by atoms with Crippen LogP contribution in [-0.2, 0) is 11.3 Å². The van der Waals surface area contributed by atoms with E-state index in [1.54, 1.807) is 0 Å². The molecule has 0 N–H and O–H groups in total. The fourth-order valence-electron chi connectivity index (χ4n) is 0.513. The number of hydrogen-bond acceptors (Lipinski definition) is 4. The molecule has 0 aliphatic carbocycles. The maximum absolute atomic E-state index is 11.5. The Morgan fingerprint density at radius 1 is 1.50 bits per heavy atom. The van der Waals surface area contributed by atoms with Gasteiger partial charge in [-0.2, -0.15) is 13.2 Å². The molecule has 1 aromatic heterocycles. The van der Waals surface area contributed by atoms with Crippen molar-refractivity contribution < 1.29 is 17.9 Å². The molecule has 0 saturated heterocycles. The summed E-state index contributed by atoms with van der Waals surface area (Å²) < 4.78 is 38.9. The van der Waals surface area contributed by atoms with E-state index in [9.17, 15) is 13.2 Å². The van der Waals surface area contributed by atoms with Crippen molar-refractivity contribution in [1.29, 1.82) is 0 Å². The van der Waals surface area contributed by atoms with Gasteiger partial charge in [0.1, 0.15) is 23.7 Å². The number of rotatable bonds is 3. The molecule has 0 saturated carbocycles. The van der Waals surface area contributed by atoms with Gasteiger partial charge in [0.05, 0.1) is 0 Å². The molecule has 0 aromatic carbocycles. The van der Waals surface area contributed by atoms with Crippen molar-refractivity contribution in [2.45, 2.75) is 12.8 Å². The third kappa shape index (κ3) is 3.63. The van der Waals surface area contributed by atoms with Crippen LogP contribution in [0.2, 0.25) is 0 Å². The molecular formula is C5H5F3N2OS. The highest BCUT2D eigenvalue weighted by Gasteiger charge is 2.27. The number of hydrogen-bond donors (Lipinski definition) is 0. The lowest BCUT2D eigenvalue weighted by molar-refractivity contribution is -0.176. The van der Waals surface area contributed by atoms with Crippen LogP contribution in [-0.4, -0.2) is 23.0 Å². The molecule has 12 heavy (non-hydrogen) atoms. The van der Waals surface area contributed by atoms with Crippen molar-refractivity contribution >= 4 is 11.3 Å². The standard InChI is InChI=1S/C5H5F3N2OS/c6-5(7,8)2-11-1-4-10-9-3-12-4/h3H,1-2H2. The Balaban J connectivity index is 2.20. The van der Waals surface area contributed by atoms with Gasteiger partial charge in [-0.1, -0.05) is 0 Å². The zero-order valence-electron chi connectivity index (χ0n) is 5.84. The molecule has 0 fully saturated rings. The second-order valence-corrected chi connectivity index (χ2v) is 2.86. The summed E-state index contributed by atoms with van der Waals surface area (Å²) in [7, 11) is 0. The number of ether oxygens (including phenoxy) is 1. The first-order chi connectivity index (χ1) is 5.58. The van der Waals surface area contributed by atoms with Crippen molar-refractivity contribution in [3.05, 3.63) is 10.5 Å². The zero-order chi connectivity index (χ0) is 9.03. The summed E-state index contributed by atoms with van der Waals surface area (Å²) >= 11 is 1.16. The summed E-state index contributed by atoms with van der Waals surface area (Å²) in [4.78, 5) is 0. The molecule has 0 atom stereocenters. The minimum atomic E-state index is -4.27. The second-order valence-electron chi connectivity index (χ2n) is 1.94. The minimum Gasteiger partial charge on any atom is -0.365 e. The van der Waals surface area contributed by atoms with E-state index >= 15 is 0 Å². The molecule has 0 aliphatic heterocycles. The highest BCUT2D eigenvalue weighted by atomic mass is 32.1. The van der Waals surface area contributed by atoms with Gasteiger partial charge in [0.15, 0.2) is 0 Å². The van der Waals surface area contributed by atoms with Gasteiger partial charge in [-0.05, 0) is 0 Å². The maximum atomic E-state index is 11.5. The highest BCUT2D eigenvalue weighted by Crippen LogP contribution is 2.15. The minimum absolute atomic E-state index is 0.135. The lowest BCUT2D eigenvalue weighted by atomic mass is 10.7. The average Bonchev–Trinajstić information content (AvgIpc) is 2.36. The lowest BCUT2D eigenvalue weighted by Gasteiger charge is -2.04. The summed E-state index contributed by atoms with van der Waals surface area (Å²) in [6.45, 7) is -1.38. The lowest BCUT2D eigenvalue weighted by Crippen LogP contribution is -2.16. The van der Waals surface area contributed by atoms with Crippen LogP contribution in [0.4, 0.5) is 13.2 Å². The summed E-state index contributed by atoms with van der Waals surface area (Å²) in [5.74, 6) is 0. The van der Waals surface area contributed by atoms with Crippen LogP contribution in [0.1, 0.15) is 5.01 Å². The molecule has 1 aromatic rings. The van der Waals surface area contributed by atoms with Crippen LogP contribution < -0.4 is 0 Å². The quantitative estimate of drug-likeness (QED) is 0.740. The van der Waals surface area contributed by atoms with E-state index in [1.807, 2.05) is 0 Å². The largest absolute Gasteiger partial charge is 0.411 e. The second kappa shape index (κ2) is 3.81. The van der Waals surface area contributed by atoms with Crippen LogP contribution in [0, 0.1) is 0 Å². The molecular weight excluding hydrogens is 193 g/mol. The van der Waals surface area contributed by atoms with E-state index in [0.717, 1.165) is 11.3 Å². The molecule has 1 rings (SSSR count). The first-order valence-electron chi connectivity index (χ1n) is 2.97. The van der Waals surface area contributed by atoms with Crippen molar-refractivity contribution in [3.8, 4) is 0 Å². The van der Waals surface area contributed by atoms with E-state index in [2.05, 4.69) is 14.9 Å². The van der Waals surface area contributed by atoms with Gasteiger partial charge in [0.25, 0.3) is 0 Å². The predicted octanol–water partition coefficient (Wildman–Crippen LogP) is 1.62. The zero-order valence-corrected chi connectivity index (χ0v) is 6.65. The van der Waals surface area contributed by atoms with Gasteiger partial charge in [0.2, 0.25) is 0 Å². The molecule has 0 aliphatic rings. The normalized spacial score (nSPS) is 11.9. The molecule has 1 heterocycles. The molecule has 0 unspecified atom stereocenters. The van der Waals surface area contributed by atoms with Crippen molar-refractivity contribution in [1.82, 2.24) is 10.2 Å². The van der Waals surface area contributed by atoms with E-state index < -0.39 is 12.8 Å². The van der Waals surface area contributed by atoms with E-state index in [-0.39, 0.29) is 6.61 Å². The fourth-order valence-corrected chi connectivity index (χ4v) is 0.975. The monoisotopic (exact) mass is 198 g/mol. The Bertz CT molecular complexity index is 223. The van der Waals surface area contributed by atoms with E-state index in [4.69, 9.17) is 0 Å². The van der Waals surface area contributed by atoms with Crippen LogP contribution in [0.3, 0.4) is 0 Å². The number of aromatic nitrogens is 2. The molecule has 68 valence electrons. The van der Waals surface area contributed by atoms with Gasteiger partial charge < -0.3 is 4.74 Å². The first kappa shape index (κ1) is 9.40. The molecule has 7 heteroatoms. The number of nitrogens with zero attached hydrogens (tertiary/aromatic N) is 2. The SMILES string of the molecule is FC(F)(F)COCc1nncs1. The smallest absolute Gasteiger partial charge is 0.365 e.